The van der Waals surface area contributed by atoms with Gasteiger partial charge in [-0.3, -0.25) is 4.79 Å². The van der Waals surface area contributed by atoms with E-state index >= 15 is 0 Å². The molecule has 4 nitrogen and oxygen atoms in total. The first-order valence-electron chi connectivity index (χ1n) is 6.98. The summed E-state index contributed by atoms with van der Waals surface area (Å²) in [7, 11) is 0. The number of hydrogen-bond acceptors (Lipinski definition) is 3. The molecule has 0 bridgehead atoms. The van der Waals surface area contributed by atoms with Gasteiger partial charge in [0.2, 0.25) is 5.91 Å². The lowest BCUT2D eigenvalue weighted by atomic mass is 9.99. The number of carbonyl (C=O) groups is 1. The minimum atomic E-state index is -0.544. The number of benzene rings is 1. The molecule has 0 spiro atoms. The number of rotatable bonds is 7. The van der Waals surface area contributed by atoms with Gasteiger partial charge in [0.25, 0.3) is 0 Å². The van der Waals surface area contributed by atoms with E-state index in [1.54, 1.807) is 18.2 Å². The van der Waals surface area contributed by atoms with E-state index in [0.717, 1.165) is 12.8 Å². The summed E-state index contributed by atoms with van der Waals surface area (Å²) < 4.78 is 5.59. The summed E-state index contributed by atoms with van der Waals surface area (Å²) in [5.74, 6) is 0.512. The number of nitrogens with two attached hydrogens (primary N) is 1. The normalized spacial score (nSPS) is 13.7. The molecule has 0 fully saturated rings. The van der Waals surface area contributed by atoms with Gasteiger partial charge < -0.3 is 15.8 Å². The zero-order valence-electron chi connectivity index (χ0n) is 12.3. The molecule has 0 unspecified atom stereocenters. The standard InChI is InChI=1S/C15H23ClN2O2/c1-4-8-20-13-7-6-11(16)9-12(13)18-15(19)14(17)10(3)5-2/h6-7,9-10,14H,4-5,8,17H2,1-3H3,(H,18,19)/t10-,14-/m0/s1. The summed E-state index contributed by atoms with van der Waals surface area (Å²) in [6.07, 6.45) is 1.74. The Bertz CT molecular complexity index is 451. The lowest BCUT2D eigenvalue weighted by molar-refractivity contribution is -0.118. The van der Waals surface area contributed by atoms with E-state index in [4.69, 9.17) is 22.1 Å². The van der Waals surface area contributed by atoms with Crippen molar-refractivity contribution in [3.8, 4) is 5.75 Å². The van der Waals surface area contributed by atoms with Crippen molar-refractivity contribution in [1.29, 1.82) is 0 Å². The Morgan fingerprint density at radius 3 is 2.75 bits per heavy atom. The number of ether oxygens (including phenoxy) is 1. The highest BCUT2D eigenvalue weighted by molar-refractivity contribution is 6.31. The lowest BCUT2D eigenvalue weighted by Crippen LogP contribution is -2.40. The van der Waals surface area contributed by atoms with Crippen LogP contribution in [0.25, 0.3) is 0 Å². The van der Waals surface area contributed by atoms with Crippen molar-refractivity contribution in [3.05, 3.63) is 23.2 Å². The van der Waals surface area contributed by atoms with Gasteiger partial charge in [0, 0.05) is 5.02 Å². The molecule has 5 heteroatoms. The smallest absolute Gasteiger partial charge is 0.241 e. The molecule has 0 saturated heterocycles. The Kier molecular flexibility index (Phi) is 6.82. The molecule has 112 valence electrons. The van der Waals surface area contributed by atoms with E-state index in [0.29, 0.717) is 23.1 Å². The van der Waals surface area contributed by atoms with Crippen LogP contribution in [-0.4, -0.2) is 18.6 Å². The SMILES string of the molecule is CCCOc1ccc(Cl)cc1NC(=O)[C@@H](N)[C@@H](C)CC. The van der Waals surface area contributed by atoms with Crippen molar-refractivity contribution < 1.29 is 9.53 Å². The first-order valence-corrected chi connectivity index (χ1v) is 7.36. The van der Waals surface area contributed by atoms with Gasteiger partial charge >= 0.3 is 0 Å². The molecule has 0 aromatic heterocycles. The van der Waals surface area contributed by atoms with Gasteiger partial charge in [-0.15, -0.1) is 0 Å². The molecular formula is C15H23ClN2O2. The molecule has 0 aliphatic carbocycles. The van der Waals surface area contributed by atoms with Crippen LogP contribution in [0.4, 0.5) is 5.69 Å². The fraction of sp³-hybridized carbons (Fsp3) is 0.533. The number of carbonyl (C=O) groups excluding carboxylic acids is 1. The number of amides is 1. The Morgan fingerprint density at radius 1 is 1.45 bits per heavy atom. The van der Waals surface area contributed by atoms with Crippen LogP contribution >= 0.6 is 11.6 Å². The average molecular weight is 299 g/mol. The number of halogens is 1. The third-order valence-corrected chi connectivity index (χ3v) is 3.46. The fourth-order valence-electron chi connectivity index (χ4n) is 1.67. The molecule has 0 heterocycles. The van der Waals surface area contributed by atoms with Crippen molar-refractivity contribution in [1.82, 2.24) is 0 Å². The number of anilines is 1. The van der Waals surface area contributed by atoms with Crippen molar-refractivity contribution in [2.24, 2.45) is 11.7 Å². The summed E-state index contributed by atoms with van der Waals surface area (Å²) in [6.45, 7) is 6.57. The molecule has 3 N–H and O–H groups in total. The minimum Gasteiger partial charge on any atom is -0.491 e. The summed E-state index contributed by atoms with van der Waals surface area (Å²) in [4.78, 5) is 12.1. The third-order valence-electron chi connectivity index (χ3n) is 3.22. The van der Waals surface area contributed by atoms with Gasteiger partial charge in [0.05, 0.1) is 18.3 Å². The quantitative estimate of drug-likeness (QED) is 0.810. The highest BCUT2D eigenvalue weighted by Crippen LogP contribution is 2.28. The number of hydrogen-bond donors (Lipinski definition) is 2. The maximum Gasteiger partial charge on any atom is 0.241 e. The monoisotopic (exact) mass is 298 g/mol. The molecule has 1 rings (SSSR count). The van der Waals surface area contributed by atoms with Gasteiger partial charge in [0.15, 0.2) is 0 Å². The van der Waals surface area contributed by atoms with Crippen LogP contribution in [0.1, 0.15) is 33.6 Å². The van der Waals surface area contributed by atoms with Crippen molar-refractivity contribution in [3.63, 3.8) is 0 Å². The molecule has 0 saturated carbocycles. The Balaban J connectivity index is 2.84. The van der Waals surface area contributed by atoms with E-state index in [-0.39, 0.29) is 11.8 Å². The van der Waals surface area contributed by atoms with Gasteiger partial charge in [-0.2, -0.15) is 0 Å². The summed E-state index contributed by atoms with van der Waals surface area (Å²) in [5, 5.41) is 3.34. The maximum absolute atomic E-state index is 12.1. The van der Waals surface area contributed by atoms with Crippen LogP contribution in [0, 0.1) is 5.92 Å². The first kappa shape index (κ1) is 16.8. The topological polar surface area (TPSA) is 64.3 Å². The molecular weight excluding hydrogens is 276 g/mol. The highest BCUT2D eigenvalue weighted by atomic mass is 35.5. The van der Waals surface area contributed by atoms with Gasteiger partial charge in [-0.05, 0) is 30.5 Å². The zero-order valence-corrected chi connectivity index (χ0v) is 13.0. The average Bonchev–Trinajstić information content (AvgIpc) is 2.44. The molecule has 20 heavy (non-hydrogen) atoms. The van der Waals surface area contributed by atoms with E-state index in [1.165, 1.54) is 0 Å². The highest BCUT2D eigenvalue weighted by Gasteiger charge is 2.20. The molecule has 1 amide bonds. The Morgan fingerprint density at radius 2 is 2.15 bits per heavy atom. The second-order valence-corrected chi connectivity index (χ2v) is 5.33. The summed E-state index contributed by atoms with van der Waals surface area (Å²) in [5.41, 5.74) is 6.49. The van der Waals surface area contributed by atoms with E-state index in [1.807, 2.05) is 20.8 Å². The van der Waals surface area contributed by atoms with Crippen LogP contribution in [0.5, 0.6) is 5.75 Å². The zero-order chi connectivity index (χ0) is 15.1. The van der Waals surface area contributed by atoms with E-state index in [2.05, 4.69) is 5.32 Å². The molecule has 0 aliphatic heterocycles. The maximum atomic E-state index is 12.1. The molecule has 2 atom stereocenters. The summed E-state index contributed by atoms with van der Waals surface area (Å²) in [6, 6.07) is 4.62. The summed E-state index contributed by atoms with van der Waals surface area (Å²) >= 11 is 5.97. The van der Waals surface area contributed by atoms with Gasteiger partial charge in [-0.1, -0.05) is 38.8 Å². The molecule has 0 radical (unpaired) electrons. The fourth-order valence-corrected chi connectivity index (χ4v) is 1.84. The second kappa shape index (κ2) is 8.12. The van der Waals surface area contributed by atoms with Crippen molar-refractivity contribution in [2.45, 2.75) is 39.7 Å². The van der Waals surface area contributed by atoms with Crippen LogP contribution in [0.3, 0.4) is 0 Å². The van der Waals surface area contributed by atoms with Crippen LogP contribution in [0.15, 0.2) is 18.2 Å². The molecule has 1 aromatic carbocycles. The first-order chi connectivity index (χ1) is 9.49. The number of nitrogens with one attached hydrogen (secondary N) is 1. The van der Waals surface area contributed by atoms with Gasteiger partial charge in [0.1, 0.15) is 5.75 Å². The second-order valence-electron chi connectivity index (χ2n) is 4.89. The Labute approximate surface area is 125 Å². The van der Waals surface area contributed by atoms with Crippen LogP contribution in [-0.2, 0) is 4.79 Å². The Hall–Kier alpha value is -1.26. The molecule has 1 aromatic rings. The lowest BCUT2D eigenvalue weighted by Gasteiger charge is -2.19. The van der Waals surface area contributed by atoms with E-state index < -0.39 is 6.04 Å². The van der Waals surface area contributed by atoms with E-state index in [9.17, 15) is 4.79 Å². The minimum absolute atomic E-state index is 0.120. The van der Waals surface area contributed by atoms with Crippen molar-refractivity contribution in [2.75, 3.05) is 11.9 Å². The third kappa shape index (κ3) is 4.69. The molecule has 0 aliphatic rings. The predicted molar refractivity (Wildman–Crippen MR) is 83.3 cm³/mol. The largest absolute Gasteiger partial charge is 0.491 e. The van der Waals surface area contributed by atoms with Crippen molar-refractivity contribution >= 4 is 23.2 Å². The van der Waals surface area contributed by atoms with Gasteiger partial charge in [-0.25, -0.2) is 0 Å². The predicted octanol–water partition coefficient (Wildman–Crippen LogP) is 3.44. The van der Waals surface area contributed by atoms with Crippen LogP contribution in [0.2, 0.25) is 5.02 Å². The van der Waals surface area contributed by atoms with Crippen LogP contribution < -0.4 is 15.8 Å².